The van der Waals surface area contributed by atoms with Gasteiger partial charge >= 0.3 is 0 Å². The third-order valence-electron chi connectivity index (χ3n) is 3.15. The van der Waals surface area contributed by atoms with E-state index in [2.05, 4.69) is 17.6 Å². The van der Waals surface area contributed by atoms with Crippen molar-refractivity contribution in [3.63, 3.8) is 0 Å². The number of carbonyl (C=O) groups excluding carboxylic acids is 2. The smallest absolute Gasteiger partial charge is 0.251 e. The average molecular weight is 290 g/mol. The Hall–Kier alpha value is -1.84. The molecule has 0 unspecified atom stereocenters. The molecule has 0 bridgehead atoms. The molecule has 4 nitrogen and oxygen atoms in total. The summed E-state index contributed by atoms with van der Waals surface area (Å²) in [6.45, 7) is 7.57. The molecule has 0 aliphatic rings. The van der Waals surface area contributed by atoms with Gasteiger partial charge in [-0.15, -0.1) is 0 Å². The van der Waals surface area contributed by atoms with E-state index in [0.717, 1.165) is 19.3 Å². The maximum Gasteiger partial charge on any atom is 0.251 e. The second-order valence-electron chi connectivity index (χ2n) is 5.64. The van der Waals surface area contributed by atoms with Crippen molar-refractivity contribution >= 4 is 11.8 Å². The summed E-state index contributed by atoms with van der Waals surface area (Å²) in [4.78, 5) is 23.8. The Kier molecular flexibility index (Phi) is 7.51. The molecule has 0 atom stereocenters. The summed E-state index contributed by atoms with van der Waals surface area (Å²) in [5.41, 5.74) is 1.17. The molecule has 0 aliphatic heterocycles. The molecule has 0 heterocycles. The van der Waals surface area contributed by atoms with Crippen LogP contribution in [0.3, 0.4) is 0 Å². The normalized spacial score (nSPS) is 10.5. The first-order valence-corrected chi connectivity index (χ1v) is 7.71. The molecule has 0 fully saturated rings. The number of nitrogens with one attached hydrogen (secondary N) is 2. The van der Waals surface area contributed by atoms with Gasteiger partial charge in [0.15, 0.2) is 0 Å². The number of unbranched alkanes of at least 4 members (excludes halogenated alkanes) is 2. The lowest BCUT2D eigenvalue weighted by Crippen LogP contribution is -2.27. The van der Waals surface area contributed by atoms with Gasteiger partial charge < -0.3 is 10.6 Å². The number of rotatable bonds is 8. The lowest BCUT2D eigenvalue weighted by Gasteiger charge is -2.08. The van der Waals surface area contributed by atoms with Crippen LogP contribution in [0.5, 0.6) is 0 Å². The largest absolute Gasteiger partial charge is 0.352 e. The van der Waals surface area contributed by atoms with Gasteiger partial charge in [0.25, 0.3) is 11.8 Å². The minimum atomic E-state index is -0.0985. The molecule has 21 heavy (non-hydrogen) atoms. The highest BCUT2D eigenvalue weighted by atomic mass is 16.2. The minimum Gasteiger partial charge on any atom is -0.352 e. The van der Waals surface area contributed by atoms with Crippen LogP contribution < -0.4 is 10.6 Å². The van der Waals surface area contributed by atoms with Crippen molar-refractivity contribution in [3.8, 4) is 0 Å². The van der Waals surface area contributed by atoms with Crippen LogP contribution in [0.2, 0.25) is 0 Å². The van der Waals surface area contributed by atoms with E-state index in [1.165, 1.54) is 0 Å². The van der Waals surface area contributed by atoms with Crippen LogP contribution in [0.25, 0.3) is 0 Å². The molecule has 0 aromatic heterocycles. The number of amides is 2. The van der Waals surface area contributed by atoms with Gasteiger partial charge in [-0.05, 0) is 36.6 Å². The fourth-order valence-corrected chi connectivity index (χ4v) is 1.85. The van der Waals surface area contributed by atoms with Crippen molar-refractivity contribution < 1.29 is 9.59 Å². The van der Waals surface area contributed by atoms with Crippen molar-refractivity contribution in [3.05, 3.63) is 35.4 Å². The number of hydrogen-bond acceptors (Lipinski definition) is 2. The zero-order chi connectivity index (χ0) is 15.7. The number of hydrogen-bond donors (Lipinski definition) is 2. The quantitative estimate of drug-likeness (QED) is 0.723. The lowest BCUT2D eigenvalue weighted by atomic mass is 10.1. The summed E-state index contributed by atoms with van der Waals surface area (Å²) < 4.78 is 0. The molecule has 2 amide bonds. The van der Waals surface area contributed by atoms with Crippen molar-refractivity contribution in [1.29, 1.82) is 0 Å². The molecule has 2 N–H and O–H groups in total. The summed E-state index contributed by atoms with van der Waals surface area (Å²) >= 11 is 0. The van der Waals surface area contributed by atoms with E-state index in [9.17, 15) is 9.59 Å². The Balaban J connectivity index is 2.49. The monoisotopic (exact) mass is 290 g/mol. The molecule has 1 rings (SSSR count). The van der Waals surface area contributed by atoms with Gasteiger partial charge in [-0.25, -0.2) is 0 Å². The Morgan fingerprint density at radius 3 is 1.95 bits per heavy atom. The van der Waals surface area contributed by atoms with Crippen molar-refractivity contribution in [2.45, 2.75) is 40.0 Å². The van der Waals surface area contributed by atoms with Gasteiger partial charge in [0.2, 0.25) is 0 Å². The van der Waals surface area contributed by atoms with Gasteiger partial charge in [0.1, 0.15) is 0 Å². The second-order valence-corrected chi connectivity index (χ2v) is 5.64. The second kappa shape index (κ2) is 9.16. The summed E-state index contributed by atoms with van der Waals surface area (Å²) in [7, 11) is 0. The van der Waals surface area contributed by atoms with Crippen molar-refractivity contribution in [1.82, 2.24) is 10.6 Å². The topological polar surface area (TPSA) is 58.2 Å². The van der Waals surface area contributed by atoms with Crippen LogP contribution in [0.4, 0.5) is 0 Å². The van der Waals surface area contributed by atoms with Gasteiger partial charge in [0.05, 0.1) is 0 Å². The van der Waals surface area contributed by atoms with E-state index in [1.807, 2.05) is 13.8 Å². The third-order valence-corrected chi connectivity index (χ3v) is 3.15. The first kappa shape index (κ1) is 17.2. The van der Waals surface area contributed by atoms with Gasteiger partial charge in [0, 0.05) is 24.2 Å². The maximum atomic E-state index is 11.9. The number of carbonyl (C=O) groups is 2. The Bertz CT molecular complexity index is 452. The molecular formula is C17H26N2O2. The fourth-order valence-electron chi connectivity index (χ4n) is 1.85. The van der Waals surface area contributed by atoms with E-state index < -0.39 is 0 Å². The predicted molar refractivity (Wildman–Crippen MR) is 85.5 cm³/mol. The van der Waals surface area contributed by atoms with Crippen LogP contribution in [0.1, 0.15) is 60.7 Å². The zero-order valence-electron chi connectivity index (χ0n) is 13.2. The molecule has 1 aromatic carbocycles. The Morgan fingerprint density at radius 2 is 1.48 bits per heavy atom. The van der Waals surface area contributed by atoms with E-state index in [0.29, 0.717) is 30.1 Å². The molecule has 1 aromatic rings. The van der Waals surface area contributed by atoms with Gasteiger partial charge in [-0.3, -0.25) is 9.59 Å². The average Bonchev–Trinajstić information content (AvgIpc) is 2.49. The highest BCUT2D eigenvalue weighted by Gasteiger charge is 2.08. The molecule has 0 aliphatic carbocycles. The van der Waals surface area contributed by atoms with E-state index in [-0.39, 0.29) is 11.8 Å². The van der Waals surface area contributed by atoms with Crippen molar-refractivity contribution in [2.24, 2.45) is 5.92 Å². The SMILES string of the molecule is CCCCCNC(=O)c1ccc(C(=O)NCC(C)C)cc1. The van der Waals surface area contributed by atoms with Crippen LogP contribution in [-0.2, 0) is 0 Å². The molecule has 0 saturated heterocycles. The van der Waals surface area contributed by atoms with Gasteiger partial charge in [-0.2, -0.15) is 0 Å². The number of benzene rings is 1. The van der Waals surface area contributed by atoms with Crippen LogP contribution in [0, 0.1) is 5.92 Å². The highest BCUT2D eigenvalue weighted by Crippen LogP contribution is 2.05. The maximum absolute atomic E-state index is 11.9. The first-order valence-electron chi connectivity index (χ1n) is 7.71. The molecule has 0 radical (unpaired) electrons. The van der Waals surface area contributed by atoms with Crippen molar-refractivity contribution in [2.75, 3.05) is 13.1 Å². The summed E-state index contributed by atoms with van der Waals surface area (Å²) in [5.74, 6) is 0.237. The first-order chi connectivity index (χ1) is 10.0. The third kappa shape index (κ3) is 6.43. The van der Waals surface area contributed by atoms with E-state index in [1.54, 1.807) is 24.3 Å². The standard InChI is InChI=1S/C17H26N2O2/c1-4-5-6-11-18-16(20)14-7-9-15(10-8-14)17(21)19-12-13(2)3/h7-10,13H,4-6,11-12H2,1-3H3,(H,18,20)(H,19,21). The summed E-state index contributed by atoms with van der Waals surface area (Å²) in [6, 6.07) is 6.77. The van der Waals surface area contributed by atoms with Crippen LogP contribution in [0.15, 0.2) is 24.3 Å². The molecule has 0 spiro atoms. The zero-order valence-corrected chi connectivity index (χ0v) is 13.2. The predicted octanol–water partition coefficient (Wildman–Crippen LogP) is 2.99. The Morgan fingerprint density at radius 1 is 0.952 bits per heavy atom. The van der Waals surface area contributed by atoms with E-state index >= 15 is 0 Å². The Labute approximate surface area is 127 Å². The molecule has 0 saturated carbocycles. The molecular weight excluding hydrogens is 264 g/mol. The van der Waals surface area contributed by atoms with Gasteiger partial charge in [-0.1, -0.05) is 33.6 Å². The van der Waals surface area contributed by atoms with Crippen LogP contribution in [-0.4, -0.2) is 24.9 Å². The molecule has 116 valence electrons. The summed E-state index contributed by atoms with van der Waals surface area (Å²) in [5, 5.41) is 5.74. The van der Waals surface area contributed by atoms with E-state index in [4.69, 9.17) is 0 Å². The molecule has 4 heteroatoms. The minimum absolute atomic E-state index is 0.0831. The van der Waals surface area contributed by atoms with Crippen LogP contribution >= 0.6 is 0 Å². The summed E-state index contributed by atoms with van der Waals surface area (Å²) in [6.07, 6.45) is 3.25. The lowest BCUT2D eigenvalue weighted by molar-refractivity contribution is 0.0939. The highest BCUT2D eigenvalue weighted by molar-refractivity contribution is 5.97. The fraction of sp³-hybridized carbons (Fsp3) is 0.529.